The largest absolute Gasteiger partial charge is 0.332 e. The molecule has 0 aliphatic carbocycles. The zero-order chi connectivity index (χ0) is 19.4. The Balaban J connectivity index is 1.99. The Labute approximate surface area is 163 Å². The number of carbonyl (C=O) groups is 1. The summed E-state index contributed by atoms with van der Waals surface area (Å²) in [5.74, 6) is 0.626. The summed E-state index contributed by atoms with van der Waals surface area (Å²) in [4.78, 5) is 17.1. The third kappa shape index (κ3) is 4.24. The molecular formula is C22H33N4O+. The molecule has 0 atom stereocenters. The van der Waals surface area contributed by atoms with Crippen LogP contribution in [-0.2, 0) is 12.8 Å². The van der Waals surface area contributed by atoms with Crippen LogP contribution < -0.4 is 4.90 Å². The molecule has 1 aromatic heterocycles. The van der Waals surface area contributed by atoms with E-state index in [1.807, 2.05) is 27.8 Å². The summed E-state index contributed by atoms with van der Waals surface area (Å²) < 4.78 is 1.98. The number of para-hydroxylation sites is 1. The van der Waals surface area contributed by atoms with Crippen molar-refractivity contribution in [2.45, 2.75) is 40.5 Å². The standard InChI is InChI=1S/C22H32N4O/c1-5-20-21(22(27)25-14-12-24(6-2)13-15-25)19(16-17(3)4)23-26(20)18-10-8-7-9-11-18/h7-11,17H,5-6,12-16H2,1-4H3/p+1. The summed E-state index contributed by atoms with van der Waals surface area (Å²) >= 11 is 0. The topological polar surface area (TPSA) is 42.6 Å². The first kappa shape index (κ1) is 19.6. The molecule has 1 aliphatic rings. The minimum atomic E-state index is 0.167. The molecule has 0 radical (unpaired) electrons. The number of nitrogens with one attached hydrogen (secondary N) is 1. The SMILES string of the molecule is CCc1c(C(=O)N2CC[NH+](CC)CC2)c(CC(C)C)nn1-c1ccccc1. The minimum absolute atomic E-state index is 0.167. The predicted molar refractivity (Wildman–Crippen MR) is 109 cm³/mol. The number of piperazine rings is 1. The number of benzene rings is 1. The van der Waals surface area contributed by atoms with Crippen molar-refractivity contribution in [1.82, 2.24) is 14.7 Å². The molecule has 1 fully saturated rings. The van der Waals surface area contributed by atoms with Gasteiger partial charge in [0.15, 0.2) is 0 Å². The Bertz CT molecular complexity index is 758. The Hall–Kier alpha value is -2.14. The third-order valence-corrected chi connectivity index (χ3v) is 5.46. The summed E-state index contributed by atoms with van der Waals surface area (Å²) in [6, 6.07) is 10.2. The van der Waals surface area contributed by atoms with Crippen LogP contribution in [0.15, 0.2) is 30.3 Å². The lowest BCUT2D eigenvalue weighted by molar-refractivity contribution is -0.902. The highest BCUT2D eigenvalue weighted by Gasteiger charge is 2.30. The van der Waals surface area contributed by atoms with E-state index in [0.717, 1.165) is 68.2 Å². The summed E-state index contributed by atoms with van der Waals surface area (Å²) in [7, 11) is 0. The Morgan fingerprint density at radius 3 is 2.37 bits per heavy atom. The number of carbonyl (C=O) groups excluding carboxylic acids is 1. The Morgan fingerprint density at radius 1 is 1.15 bits per heavy atom. The number of aromatic nitrogens is 2. The number of amides is 1. The molecule has 1 N–H and O–H groups in total. The molecule has 0 unspecified atom stereocenters. The van der Waals surface area contributed by atoms with Crippen molar-refractivity contribution < 1.29 is 9.69 Å². The molecule has 0 bridgehead atoms. The quantitative estimate of drug-likeness (QED) is 0.846. The smallest absolute Gasteiger partial charge is 0.258 e. The van der Waals surface area contributed by atoms with Crippen LogP contribution in [0.4, 0.5) is 0 Å². The second-order valence-corrected chi connectivity index (χ2v) is 7.86. The second kappa shape index (κ2) is 8.70. The Morgan fingerprint density at radius 2 is 1.81 bits per heavy atom. The van der Waals surface area contributed by atoms with Gasteiger partial charge in [0.2, 0.25) is 0 Å². The first-order valence-electron chi connectivity index (χ1n) is 10.3. The molecule has 27 heavy (non-hydrogen) atoms. The van der Waals surface area contributed by atoms with Crippen LogP contribution >= 0.6 is 0 Å². The van der Waals surface area contributed by atoms with Gasteiger partial charge in [-0.1, -0.05) is 39.0 Å². The van der Waals surface area contributed by atoms with E-state index in [1.54, 1.807) is 4.90 Å². The first-order valence-corrected chi connectivity index (χ1v) is 10.3. The van der Waals surface area contributed by atoms with Gasteiger partial charge in [0, 0.05) is 0 Å². The second-order valence-electron chi connectivity index (χ2n) is 7.86. The fourth-order valence-corrected chi connectivity index (χ4v) is 3.93. The molecule has 2 aromatic rings. The highest BCUT2D eigenvalue weighted by atomic mass is 16.2. The zero-order valence-electron chi connectivity index (χ0n) is 17.2. The summed E-state index contributed by atoms with van der Waals surface area (Å²) in [5, 5.41) is 4.90. The van der Waals surface area contributed by atoms with E-state index in [-0.39, 0.29) is 5.91 Å². The van der Waals surface area contributed by atoms with Crippen LogP contribution in [0.1, 0.15) is 49.4 Å². The fraction of sp³-hybridized carbons (Fsp3) is 0.545. The lowest BCUT2D eigenvalue weighted by Gasteiger charge is -2.31. The maximum atomic E-state index is 13.5. The van der Waals surface area contributed by atoms with Crippen molar-refractivity contribution in [2.75, 3.05) is 32.7 Å². The normalized spacial score (nSPS) is 15.5. The molecule has 3 rings (SSSR count). The monoisotopic (exact) mass is 369 g/mol. The average Bonchev–Trinajstić information content (AvgIpc) is 3.05. The molecule has 1 aliphatic heterocycles. The minimum Gasteiger partial charge on any atom is -0.332 e. The molecule has 146 valence electrons. The van der Waals surface area contributed by atoms with Gasteiger partial charge in [0.05, 0.1) is 55.4 Å². The van der Waals surface area contributed by atoms with Gasteiger partial charge >= 0.3 is 0 Å². The lowest BCUT2D eigenvalue weighted by Crippen LogP contribution is -3.14. The van der Waals surface area contributed by atoms with Crippen LogP contribution in [0, 0.1) is 5.92 Å². The number of nitrogens with zero attached hydrogens (tertiary/aromatic N) is 3. The highest BCUT2D eigenvalue weighted by Crippen LogP contribution is 2.24. The first-order chi connectivity index (χ1) is 13.0. The molecule has 5 nitrogen and oxygen atoms in total. The number of hydrogen-bond acceptors (Lipinski definition) is 2. The van der Waals surface area contributed by atoms with Gasteiger partial charge < -0.3 is 9.80 Å². The van der Waals surface area contributed by atoms with Gasteiger partial charge in [0.25, 0.3) is 5.91 Å². The molecule has 1 saturated heterocycles. The van der Waals surface area contributed by atoms with Crippen LogP contribution in [0.25, 0.3) is 5.69 Å². The van der Waals surface area contributed by atoms with E-state index < -0.39 is 0 Å². The van der Waals surface area contributed by atoms with Crippen LogP contribution in [0.2, 0.25) is 0 Å². The van der Waals surface area contributed by atoms with E-state index in [4.69, 9.17) is 5.10 Å². The van der Waals surface area contributed by atoms with Gasteiger partial charge in [-0.3, -0.25) is 4.79 Å². The summed E-state index contributed by atoms with van der Waals surface area (Å²) in [6.45, 7) is 13.6. The van der Waals surface area contributed by atoms with Crippen molar-refractivity contribution in [1.29, 1.82) is 0 Å². The third-order valence-electron chi connectivity index (χ3n) is 5.46. The molecule has 0 spiro atoms. The number of hydrogen-bond donors (Lipinski definition) is 1. The molecule has 0 saturated carbocycles. The molecular weight excluding hydrogens is 336 g/mol. The van der Waals surface area contributed by atoms with Gasteiger partial charge in [-0.25, -0.2) is 4.68 Å². The van der Waals surface area contributed by atoms with Gasteiger partial charge in [-0.05, 0) is 37.8 Å². The number of likely N-dealkylation sites (N-methyl/N-ethyl adjacent to an activating group) is 1. The number of rotatable bonds is 6. The van der Waals surface area contributed by atoms with Gasteiger partial charge in [0.1, 0.15) is 0 Å². The summed E-state index contributed by atoms with van der Waals surface area (Å²) in [5.41, 5.74) is 3.85. The Kier molecular flexibility index (Phi) is 6.32. The number of quaternary nitrogens is 1. The van der Waals surface area contributed by atoms with Crippen molar-refractivity contribution in [3.05, 3.63) is 47.3 Å². The van der Waals surface area contributed by atoms with Gasteiger partial charge in [-0.15, -0.1) is 0 Å². The average molecular weight is 370 g/mol. The van der Waals surface area contributed by atoms with Gasteiger partial charge in [-0.2, -0.15) is 5.10 Å². The molecule has 5 heteroatoms. The van der Waals surface area contributed by atoms with Crippen LogP contribution in [-0.4, -0.2) is 53.3 Å². The molecule has 1 amide bonds. The van der Waals surface area contributed by atoms with E-state index in [9.17, 15) is 4.79 Å². The highest BCUT2D eigenvalue weighted by molar-refractivity contribution is 5.96. The van der Waals surface area contributed by atoms with E-state index in [1.165, 1.54) is 0 Å². The molecule has 2 heterocycles. The van der Waals surface area contributed by atoms with Crippen molar-refractivity contribution in [3.8, 4) is 5.69 Å². The van der Waals surface area contributed by atoms with Crippen molar-refractivity contribution in [3.63, 3.8) is 0 Å². The maximum absolute atomic E-state index is 13.5. The summed E-state index contributed by atoms with van der Waals surface area (Å²) in [6.07, 6.45) is 1.62. The predicted octanol–water partition coefficient (Wildman–Crippen LogP) is 1.99. The van der Waals surface area contributed by atoms with Crippen molar-refractivity contribution in [2.24, 2.45) is 5.92 Å². The van der Waals surface area contributed by atoms with E-state index >= 15 is 0 Å². The fourth-order valence-electron chi connectivity index (χ4n) is 3.93. The van der Waals surface area contributed by atoms with Crippen molar-refractivity contribution >= 4 is 5.91 Å². The lowest BCUT2D eigenvalue weighted by atomic mass is 10.0. The van der Waals surface area contributed by atoms with Crippen LogP contribution in [0.3, 0.4) is 0 Å². The molecule has 1 aromatic carbocycles. The maximum Gasteiger partial charge on any atom is 0.258 e. The van der Waals surface area contributed by atoms with Crippen LogP contribution in [0.5, 0.6) is 0 Å². The van der Waals surface area contributed by atoms with E-state index in [2.05, 4.69) is 39.8 Å². The van der Waals surface area contributed by atoms with E-state index in [0.29, 0.717) is 5.92 Å². The zero-order valence-corrected chi connectivity index (χ0v) is 17.2.